The van der Waals surface area contributed by atoms with Gasteiger partial charge in [0, 0.05) is 18.4 Å². The van der Waals surface area contributed by atoms with Crippen LogP contribution in [0.2, 0.25) is 0 Å². The summed E-state index contributed by atoms with van der Waals surface area (Å²) >= 11 is 0. The van der Waals surface area contributed by atoms with Crippen molar-refractivity contribution in [3.63, 3.8) is 0 Å². The van der Waals surface area contributed by atoms with Crippen LogP contribution in [0.25, 0.3) is 0 Å². The van der Waals surface area contributed by atoms with Crippen LogP contribution in [-0.4, -0.2) is 33.8 Å². The minimum absolute atomic E-state index is 0.0242. The summed E-state index contributed by atoms with van der Waals surface area (Å²) in [5, 5.41) is 8.75. The Morgan fingerprint density at radius 3 is 2.94 bits per heavy atom. The molecule has 1 aromatic heterocycles. The first kappa shape index (κ1) is 14.2. The van der Waals surface area contributed by atoms with Gasteiger partial charge in [-0.15, -0.1) is 0 Å². The van der Waals surface area contributed by atoms with Gasteiger partial charge < -0.3 is 15.6 Å². The maximum absolute atomic E-state index is 11.5. The van der Waals surface area contributed by atoms with Crippen LogP contribution in [0.5, 0.6) is 0 Å². The van der Waals surface area contributed by atoms with Gasteiger partial charge in [-0.05, 0) is 19.8 Å². The van der Waals surface area contributed by atoms with Crippen LogP contribution in [0.15, 0.2) is 11.0 Å². The Morgan fingerprint density at radius 2 is 2.33 bits per heavy atom. The minimum Gasteiger partial charge on any atom is -0.465 e. The molecule has 1 aromatic rings. The summed E-state index contributed by atoms with van der Waals surface area (Å²) in [7, 11) is 0. The van der Waals surface area contributed by atoms with E-state index in [4.69, 9.17) is 15.6 Å². The van der Waals surface area contributed by atoms with Gasteiger partial charge >= 0.3 is 11.7 Å². The monoisotopic (exact) mass is 255 g/mol. The molecule has 0 atom stereocenters. The third-order valence-electron chi connectivity index (χ3n) is 2.31. The van der Waals surface area contributed by atoms with Crippen molar-refractivity contribution in [1.29, 1.82) is 0 Å². The average molecular weight is 255 g/mol. The molecule has 0 bridgehead atoms. The van der Waals surface area contributed by atoms with Gasteiger partial charge in [-0.25, -0.2) is 4.79 Å². The van der Waals surface area contributed by atoms with E-state index in [-0.39, 0.29) is 25.6 Å². The van der Waals surface area contributed by atoms with E-state index in [0.29, 0.717) is 18.4 Å². The first-order valence-electron chi connectivity index (χ1n) is 5.70. The topological polar surface area (TPSA) is 107 Å². The molecule has 3 N–H and O–H groups in total. The average Bonchev–Trinajstić information content (AvgIpc) is 2.31. The number of esters is 1. The van der Waals surface area contributed by atoms with Gasteiger partial charge in [0.25, 0.3) is 0 Å². The smallest absolute Gasteiger partial charge is 0.350 e. The van der Waals surface area contributed by atoms with E-state index in [1.807, 2.05) is 0 Å². The number of aryl methyl sites for hydroxylation is 1. The lowest BCUT2D eigenvalue weighted by Crippen LogP contribution is -2.28. The Hall–Kier alpha value is -1.89. The number of nitrogens with zero attached hydrogens (tertiary/aromatic N) is 2. The summed E-state index contributed by atoms with van der Waals surface area (Å²) in [5.74, 6) is -0.368. The zero-order valence-corrected chi connectivity index (χ0v) is 10.3. The zero-order chi connectivity index (χ0) is 13.5. The third-order valence-corrected chi connectivity index (χ3v) is 2.31. The van der Waals surface area contributed by atoms with Crippen LogP contribution in [0.4, 0.5) is 5.82 Å². The highest BCUT2D eigenvalue weighted by molar-refractivity contribution is 5.69. The predicted octanol–water partition coefficient (Wildman–Crippen LogP) is -0.686. The van der Waals surface area contributed by atoms with Crippen molar-refractivity contribution in [3.8, 4) is 0 Å². The molecule has 0 amide bonds. The zero-order valence-electron chi connectivity index (χ0n) is 10.3. The van der Waals surface area contributed by atoms with E-state index in [9.17, 15) is 9.59 Å². The van der Waals surface area contributed by atoms with Gasteiger partial charge in [0.05, 0.1) is 6.61 Å². The normalized spacial score (nSPS) is 10.3. The standard InChI is InChI=1S/C11H17N3O4/c1-2-18-9(16)7-14-6-8(4-3-5-15)10(12)13-11(14)17/h6,15H,2-5,7H2,1H3,(H2,12,13,17). The highest BCUT2D eigenvalue weighted by Crippen LogP contribution is 2.07. The number of aliphatic hydroxyl groups is 1. The van der Waals surface area contributed by atoms with Crippen molar-refractivity contribution in [1.82, 2.24) is 9.55 Å². The Kier molecular flexibility index (Phi) is 5.31. The fraction of sp³-hybridized carbons (Fsp3) is 0.545. The van der Waals surface area contributed by atoms with E-state index >= 15 is 0 Å². The van der Waals surface area contributed by atoms with Gasteiger partial charge in [0.2, 0.25) is 0 Å². The second-order valence-corrected chi connectivity index (χ2v) is 3.69. The Balaban J connectivity index is 2.90. The fourth-order valence-corrected chi connectivity index (χ4v) is 1.47. The molecule has 7 nitrogen and oxygen atoms in total. The number of ether oxygens (including phenoxy) is 1. The number of carbonyl (C=O) groups is 1. The van der Waals surface area contributed by atoms with E-state index in [0.717, 1.165) is 4.57 Å². The van der Waals surface area contributed by atoms with E-state index in [2.05, 4.69) is 4.98 Å². The first-order chi connectivity index (χ1) is 8.58. The number of anilines is 1. The molecule has 0 saturated carbocycles. The van der Waals surface area contributed by atoms with E-state index in [1.165, 1.54) is 6.20 Å². The van der Waals surface area contributed by atoms with Crippen molar-refractivity contribution < 1.29 is 14.6 Å². The Morgan fingerprint density at radius 1 is 1.61 bits per heavy atom. The molecule has 0 spiro atoms. The molecule has 0 aliphatic carbocycles. The molecule has 1 rings (SSSR count). The number of hydrogen-bond acceptors (Lipinski definition) is 6. The quantitative estimate of drug-likeness (QED) is 0.652. The second kappa shape index (κ2) is 6.75. The van der Waals surface area contributed by atoms with Crippen molar-refractivity contribution in [2.75, 3.05) is 18.9 Å². The van der Waals surface area contributed by atoms with Gasteiger partial charge in [0.15, 0.2) is 0 Å². The molecule has 0 fully saturated rings. The Labute approximate surface area is 104 Å². The summed E-state index contributed by atoms with van der Waals surface area (Å²) in [6.07, 6.45) is 2.50. The summed E-state index contributed by atoms with van der Waals surface area (Å²) in [6, 6.07) is 0. The molecule has 0 aliphatic heterocycles. The van der Waals surface area contributed by atoms with Crippen molar-refractivity contribution in [2.45, 2.75) is 26.3 Å². The lowest BCUT2D eigenvalue weighted by atomic mass is 10.2. The fourth-order valence-electron chi connectivity index (χ4n) is 1.47. The van der Waals surface area contributed by atoms with Crippen LogP contribution >= 0.6 is 0 Å². The number of aromatic nitrogens is 2. The van der Waals surface area contributed by atoms with Crippen LogP contribution in [0, 0.1) is 0 Å². The number of hydrogen-bond donors (Lipinski definition) is 2. The molecule has 0 aliphatic rings. The van der Waals surface area contributed by atoms with Crippen LogP contribution in [0.1, 0.15) is 18.9 Å². The van der Waals surface area contributed by atoms with Gasteiger partial charge in [-0.1, -0.05) is 0 Å². The van der Waals surface area contributed by atoms with Crippen LogP contribution in [-0.2, 0) is 22.5 Å². The lowest BCUT2D eigenvalue weighted by molar-refractivity contribution is -0.143. The van der Waals surface area contributed by atoms with Crippen molar-refractivity contribution >= 4 is 11.8 Å². The van der Waals surface area contributed by atoms with Crippen molar-refractivity contribution in [2.24, 2.45) is 0 Å². The SMILES string of the molecule is CCOC(=O)Cn1cc(CCCO)c(N)nc1=O. The first-order valence-corrected chi connectivity index (χ1v) is 5.70. The lowest BCUT2D eigenvalue weighted by Gasteiger charge is -2.09. The number of nitrogen functional groups attached to an aromatic ring is 1. The van der Waals surface area contributed by atoms with E-state index < -0.39 is 11.7 Å². The van der Waals surface area contributed by atoms with Crippen molar-refractivity contribution in [3.05, 3.63) is 22.2 Å². The molecule has 100 valence electrons. The summed E-state index contributed by atoms with van der Waals surface area (Å²) in [6.45, 7) is 1.78. The molecule has 0 aromatic carbocycles. The maximum Gasteiger partial charge on any atom is 0.350 e. The summed E-state index contributed by atoms with van der Waals surface area (Å²) in [5.41, 5.74) is 5.64. The highest BCUT2D eigenvalue weighted by atomic mass is 16.5. The minimum atomic E-state index is -0.590. The number of aliphatic hydroxyl groups excluding tert-OH is 1. The largest absolute Gasteiger partial charge is 0.465 e. The summed E-state index contributed by atoms with van der Waals surface area (Å²) < 4.78 is 5.91. The maximum atomic E-state index is 11.5. The molecule has 1 heterocycles. The molecule has 0 radical (unpaired) electrons. The Bertz CT molecular complexity index is 470. The number of rotatable bonds is 6. The van der Waals surface area contributed by atoms with E-state index in [1.54, 1.807) is 6.92 Å². The van der Waals surface area contributed by atoms with Crippen LogP contribution < -0.4 is 11.4 Å². The van der Waals surface area contributed by atoms with Gasteiger partial charge in [0.1, 0.15) is 12.4 Å². The van der Waals surface area contributed by atoms with Crippen LogP contribution in [0.3, 0.4) is 0 Å². The van der Waals surface area contributed by atoms with Gasteiger partial charge in [-0.2, -0.15) is 4.98 Å². The highest BCUT2D eigenvalue weighted by Gasteiger charge is 2.09. The van der Waals surface area contributed by atoms with Gasteiger partial charge in [-0.3, -0.25) is 9.36 Å². The molecule has 0 saturated heterocycles. The number of nitrogens with two attached hydrogens (primary N) is 1. The molecular formula is C11H17N3O4. The number of carbonyl (C=O) groups excluding carboxylic acids is 1. The summed E-state index contributed by atoms with van der Waals surface area (Å²) in [4.78, 5) is 26.4. The predicted molar refractivity (Wildman–Crippen MR) is 64.9 cm³/mol. The molecule has 0 unspecified atom stereocenters. The molecule has 7 heteroatoms. The second-order valence-electron chi connectivity index (χ2n) is 3.69. The molecule has 18 heavy (non-hydrogen) atoms. The third kappa shape index (κ3) is 3.85. The molecular weight excluding hydrogens is 238 g/mol.